The Bertz CT molecular complexity index is 816. The normalized spacial score (nSPS) is 24.3. The van der Waals surface area contributed by atoms with Gasteiger partial charge in [0.25, 0.3) is 0 Å². The summed E-state index contributed by atoms with van der Waals surface area (Å²) in [4.78, 5) is 12.5. The van der Waals surface area contributed by atoms with Crippen molar-refractivity contribution in [2.45, 2.75) is 96.9 Å². The average Bonchev–Trinajstić information content (AvgIpc) is 3.54. The number of carbonyl (C=O) groups excluding carboxylic acids is 1. The topological polar surface area (TPSA) is 59.6 Å². The Morgan fingerprint density at radius 1 is 1.00 bits per heavy atom. The minimum absolute atomic E-state index is 0. The number of halogens is 2. The maximum Gasteiger partial charge on any atom is 0.313 e. The van der Waals surface area contributed by atoms with E-state index in [1.165, 1.54) is 30.4 Å². The van der Waals surface area contributed by atoms with Crippen LogP contribution in [-0.4, -0.2) is 50.0 Å². The first-order valence-electron chi connectivity index (χ1n) is 13.0. The molecule has 7 heteroatoms. The highest BCUT2D eigenvalue weighted by Crippen LogP contribution is 2.41. The quantitative estimate of drug-likeness (QED) is 0.326. The summed E-state index contributed by atoms with van der Waals surface area (Å²) in [5.41, 5.74) is 1.82. The third-order valence-electron chi connectivity index (χ3n) is 6.97. The van der Waals surface area contributed by atoms with E-state index in [2.05, 4.69) is 47.0 Å². The van der Waals surface area contributed by atoms with Crippen LogP contribution in [0.15, 0.2) is 35.9 Å². The Kier molecular flexibility index (Phi) is 13.5. The first-order chi connectivity index (χ1) is 16.1. The highest BCUT2D eigenvalue weighted by Gasteiger charge is 2.41. The van der Waals surface area contributed by atoms with Crippen LogP contribution in [-0.2, 0) is 14.3 Å². The van der Waals surface area contributed by atoms with Gasteiger partial charge in [0.15, 0.2) is 0 Å². The van der Waals surface area contributed by atoms with E-state index in [1.54, 1.807) is 7.11 Å². The maximum absolute atomic E-state index is 12.5. The molecule has 1 aromatic rings. The monoisotopic (exact) mass is 542 g/mol. The summed E-state index contributed by atoms with van der Waals surface area (Å²) in [5.74, 6) is 0.497. The third-order valence-corrected chi connectivity index (χ3v) is 6.97. The van der Waals surface area contributed by atoms with Crippen molar-refractivity contribution >= 4 is 36.9 Å². The molecule has 0 amide bonds. The van der Waals surface area contributed by atoms with Gasteiger partial charge in [-0.1, -0.05) is 42.0 Å². The van der Waals surface area contributed by atoms with Crippen LogP contribution in [0.4, 0.5) is 0 Å². The van der Waals surface area contributed by atoms with Crippen molar-refractivity contribution in [2.24, 2.45) is 11.3 Å². The van der Waals surface area contributed by atoms with E-state index in [4.69, 9.17) is 9.47 Å². The van der Waals surface area contributed by atoms with Crippen molar-refractivity contribution in [2.75, 3.05) is 20.3 Å². The molecule has 2 atom stereocenters. The molecule has 206 valence electrons. The second-order valence-electron chi connectivity index (χ2n) is 11.8. The number of hydrogen-bond acceptors (Lipinski definition) is 5. The molecule has 0 unspecified atom stereocenters. The molecule has 0 spiro atoms. The second-order valence-corrected chi connectivity index (χ2v) is 11.8. The van der Waals surface area contributed by atoms with Gasteiger partial charge in [-0.25, -0.2) is 0 Å². The van der Waals surface area contributed by atoms with E-state index < -0.39 is 11.0 Å². The van der Waals surface area contributed by atoms with Crippen molar-refractivity contribution in [3.63, 3.8) is 0 Å². The third kappa shape index (κ3) is 10.7. The molecular formula is C29H48Cl2N2O3. The number of ether oxygens (including phenoxy) is 2. The SMILES string of the molecule is COCC/C(=C\c1ccccc1)[C@@H]1C[C@H]1N[C@H]1CC[C@H](NCC(C)(C)C(=O)OC(C)(C)C)CC1.Cl.Cl. The van der Waals surface area contributed by atoms with Crippen molar-refractivity contribution < 1.29 is 14.3 Å². The zero-order valence-corrected chi connectivity index (χ0v) is 24.6. The van der Waals surface area contributed by atoms with E-state index in [1.807, 2.05) is 34.6 Å². The molecule has 0 radical (unpaired) electrons. The van der Waals surface area contributed by atoms with Gasteiger partial charge in [-0.2, -0.15) is 0 Å². The molecule has 3 rings (SSSR count). The van der Waals surface area contributed by atoms with E-state index in [-0.39, 0.29) is 30.8 Å². The van der Waals surface area contributed by atoms with Gasteiger partial charge in [0.1, 0.15) is 5.60 Å². The van der Waals surface area contributed by atoms with E-state index in [0.29, 0.717) is 30.6 Å². The van der Waals surface area contributed by atoms with E-state index in [9.17, 15) is 4.79 Å². The summed E-state index contributed by atoms with van der Waals surface area (Å²) in [6.45, 7) is 11.1. The molecule has 36 heavy (non-hydrogen) atoms. The number of benzene rings is 1. The fourth-order valence-corrected chi connectivity index (χ4v) is 4.79. The molecule has 5 nitrogen and oxygen atoms in total. The Labute approximate surface area is 231 Å². The van der Waals surface area contributed by atoms with Crippen LogP contribution in [0.2, 0.25) is 0 Å². The van der Waals surface area contributed by atoms with Crippen LogP contribution in [0.3, 0.4) is 0 Å². The summed E-state index contributed by atoms with van der Waals surface area (Å²) in [6, 6.07) is 12.3. The molecular weight excluding hydrogens is 495 g/mol. The zero-order chi connectivity index (χ0) is 24.8. The Hall–Kier alpha value is -1.11. The average molecular weight is 544 g/mol. The molecule has 0 aromatic heterocycles. The van der Waals surface area contributed by atoms with Gasteiger partial charge in [0.05, 0.1) is 5.41 Å². The number of methoxy groups -OCH3 is 1. The summed E-state index contributed by atoms with van der Waals surface area (Å²) in [5, 5.41) is 7.58. The van der Waals surface area contributed by atoms with Crippen LogP contribution in [0.1, 0.15) is 78.7 Å². The van der Waals surface area contributed by atoms with Gasteiger partial charge < -0.3 is 20.1 Å². The highest BCUT2D eigenvalue weighted by molar-refractivity contribution is 5.85. The summed E-state index contributed by atoms with van der Waals surface area (Å²) >= 11 is 0. The number of nitrogens with one attached hydrogen (secondary N) is 2. The minimum atomic E-state index is -0.521. The van der Waals surface area contributed by atoms with Crippen molar-refractivity contribution in [3.8, 4) is 0 Å². The predicted molar refractivity (Wildman–Crippen MR) is 154 cm³/mol. The van der Waals surface area contributed by atoms with E-state index >= 15 is 0 Å². The van der Waals surface area contributed by atoms with Crippen molar-refractivity contribution in [3.05, 3.63) is 41.5 Å². The molecule has 2 saturated carbocycles. The van der Waals surface area contributed by atoms with Crippen molar-refractivity contribution in [1.29, 1.82) is 0 Å². The van der Waals surface area contributed by atoms with Gasteiger partial charge in [-0.05, 0) is 84.6 Å². The van der Waals surface area contributed by atoms with Crippen LogP contribution in [0, 0.1) is 11.3 Å². The lowest BCUT2D eigenvalue weighted by molar-refractivity contribution is -0.165. The molecule has 2 aliphatic rings. The Morgan fingerprint density at radius 3 is 2.19 bits per heavy atom. The van der Waals surface area contributed by atoms with Crippen LogP contribution in [0.25, 0.3) is 6.08 Å². The van der Waals surface area contributed by atoms with Gasteiger partial charge in [0.2, 0.25) is 0 Å². The number of rotatable bonds is 11. The van der Waals surface area contributed by atoms with Gasteiger partial charge in [-0.15, -0.1) is 24.8 Å². The lowest BCUT2D eigenvalue weighted by atomic mass is 9.88. The number of hydrogen-bond donors (Lipinski definition) is 2. The largest absolute Gasteiger partial charge is 0.460 e. The van der Waals surface area contributed by atoms with Gasteiger partial charge >= 0.3 is 5.97 Å². The molecule has 2 aliphatic carbocycles. The first-order valence-corrected chi connectivity index (χ1v) is 13.0. The predicted octanol–water partition coefficient (Wildman–Crippen LogP) is 6.20. The van der Waals surface area contributed by atoms with Crippen LogP contribution >= 0.6 is 24.8 Å². The summed E-state index contributed by atoms with van der Waals surface area (Å²) in [7, 11) is 1.78. The second kappa shape index (κ2) is 14.7. The number of esters is 1. The highest BCUT2D eigenvalue weighted by atomic mass is 35.5. The summed E-state index contributed by atoms with van der Waals surface area (Å²) < 4.78 is 11.0. The van der Waals surface area contributed by atoms with Crippen molar-refractivity contribution in [1.82, 2.24) is 10.6 Å². The maximum atomic E-state index is 12.5. The number of carbonyl (C=O) groups is 1. The molecule has 1 aromatic carbocycles. The Morgan fingerprint density at radius 2 is 1.61 bits per heavy atom. The molecule has 2 fully saturated rings. The smallest absolute Gasteiger partial charge is 0.313 e. The molecule has 2 N–H and O–H groups in total. The fraction of sp³-hybridized carbons (Fsp3) is 0.690. The fourth-order valence-electron chi connectivity index (χ4n) is 4.79. The van der Waals surface area contributed by atoms with Gasteiger partial charge in [0, 0.05) is 38.4 Å². The Balaban J connectivity index is 0.00000324. The minimum Gasteiger partial charge on any atom is -0.460 e. The lowest BCUT2D eigenvalue weighted by Crippen LogP contribution is -2.46. The molecule has 0 heterocycles. The first kappa shape index (κ1) is 32.9. The standard InChI is InChI=1S/C29H46N2O3.2ClH/c1-28(2,3)34-27(32)29(4,5)20-30-23-12-14-24(15-13-23)31-26-19-25(26)22(16-17-33-6)18-21-10-8-7-9-11-21;;/h7-11,18,23-26,30-31H,12-17,19-20H2,1-6H3;2*1H/b22-18+;;/t23-,24-,25-,26+;;/m0../s1. The van der Waals surface area contributed by atoms with Crippen LogP contribution in [0.5, 0.6) is 0 Å². The van der Waals surface area contributed by atoms with Gasteiger partial charge in [-0.3, -0.25) is 4.79 Å². The summed E-state index contributed by atoms with van der Waals surface area (Å²) in [6.07, 6.45) is 9.25. The molecule has 0 saturated heterocycles. The molecule has 0 aliphatic heterocycles. The molecule has 0 bridgehead atoms. The van der Waals surface area contributed by atoms with E-state index in [0.717, 1.165) is 25.9 Å². The van der Waals surface area contributed by atoms with Crippen LogP contribution < -0.4 is 10.6 Å². The lowest BCUT2D eigenvalue weighted by Gasteiger charge is -2.33. The zero-order valence-electron chi connectivity index (χ0n) is 23.0.